The fourth-order valence-electron chi connectivity index (χ4n) is 2.48. The third-order valence-corrected chi connectivity index (χ3v) is 5.30. The van der Waals surface area contributed by atoms with Gasteiger partial charge < -0.3 is 4.74 Å². The molecule has 2 aromatic rings. The van der Waals surface area contributed by atoms with Gasteiger partial charge >= 0.3 is 0 Å². The van der Waals surface area contributed by atoms with E-state index in [9.17, 15) is 4.79 Å². The number of nitrogens with zero attached hydrogens (tertiary/aromatic N) is 2. The smallest absolute Gasteiger partial charge is 0.266 e. The summed E-state index contributed by atoms with van der Waals surface area (Å²) in [6.45, 7) is 1.20. The van der Waals surface area contributed by atoms with E-state index in [0.717, 1.165) is 22.1 Å². The number of amides is 1. The quantitative estimate of drug-likeness (QED) is 0.473. The first-order chi connectivity index (χ1) is 12.7. The molecule has 0 aromatic heterocycles. The van der Waals surface area contributed by atoms with Crippen LogP contribution in [0, 0.1) is 0 Å². The molecule has 6 heteroatoms. The van der Waals surface area contributed by atoms with Crippen molar-refractivity contribution in [1.29, 1.82) is 0 Å². The van der Waals surface area contributed by atoms with E-state index >= 15 is 0 Å². The van der Waals surface area contributed by atoms with Gasteiger partial charge in [0, 0.05) is 24.7 Å². The third kappa shape index (κ3) is 4.84. The molecule has 26 heavy (non-hydrogen) atoms. The molecule has 1 amide bonds. The maximum absolute atomic E-state index is 12.9. The van der Waals surface area contributed by atoms with Crippen LogP contribution < -0.4 is 0 Å². The Balaban J connectivity index is 1.88. The Labute approximate surface area is 166 Å². The lowest BCUT2D eigenvalue weighted by molar-refractivity contribution is -0.122. The predicted octanol–water partition coefficient (Wildman–Crippen LogP) is 5.09. The van der Waals surface area contributed by atoms with Gasteiger partial charge in [-0.15, -0.1) is 0 Å². The molecular weight excluding hydrogens is 412 g/mol. The van der Waals surface area contributed by atoms with Crippen LogP contribution in [-0.4, -0.2) is 36.2 Å². The standard InChI is InChI=1S/C20H19BrN2O2S/c1-25-13-5-12-23-19(24)18(14-15-8-10-16(21)11-9-15)26-20(23)22-17-6-3-2-4-7-17/h2-4,6-11,14H,5,12-13H2,1H3/b18-14-,22-20?. The van der Waals surface area contributed by atoms with Crippen molar-refractivity contribution in [3.8, 4) is 0 Å². The second kappa shape index (κ2) is 9.16. The van der Waals surface area contributed by atoms with Crippen molar-refractivity contribution in [3.05, 3.63) is 69.5 Å². The van der Waals surface area contributed by atoms with Crippen molar-refractivity contribution >= 4 is 50.5 Å². The SMILES string of the molecule is COCCCN1C(=O)/C(=C/c2ccc(Br)cc2)SC1=Nc1ccccc1. The zero-order chi connectivity index (χ0) is 18.4. The number of thioether (sulfide) groups is 1. The lowest BCUT2D eigenvalue weighted by atomic mass is 10.2. The molecule has 134 valence electrons. The Kier molecular flexibility index (Phi) is 6.66. The number of ether oxygens (including phenoxy) is 1. The van der Waals surface area contributed by atoms with Crippen molar-refractivity contribution in [1.82, 2.24) is 4.90 Å². The number of amidine groups is 1. The Morgan fingerprint density at radius 2 is 1.88 bits per heavy atom. The number of benzene rings is 2. The second-order valence-electron chi connectivity index (χ2n) is 5.70. The summed E-state index contributed by atoms with van der Waals surface area (Å²) in [5, 5.41) is 0.709. The van der Waals surface area contributed by atoms with Gasteiger partial charge in [-0.05, 0) is 54.1 Å². The Bertz CT molecular complexity index is 819. The number of aliphatic imine (C=N–C) groups is 1. The zero-order valence-electron chi connectivity index (χ0n) is 14.4. The van der Waals surface area contributed by atoms with Gasteiger partial charge in [-0.25, -0.2) is 4.99 Å². The number of halogens is 1. The highest BCUT2D eigenvalue weighted by Crippen LogP contribution is 2.34. The minimum Gasteiger partial charge on any atom is -0.385 e. The molecule has 3 rings (SSSR count). The first-order valence-electron chi connectivity index (χ1n) is 8.27. The molecule has 1 saturated heterocycles. The fourth-order valence-corrected chi connectivity index (χ4v) is 3.77. The van der Waals surface area contributed by atoms with Gasteiger partial charge in [0.15, 0.2) is 5.17 Å². The van der Waals surface area contributed by atoms with Crippen molar-refractivity contribution in [2.75, 3.05) is 20.3 Å². The predicted molar refractivity (Wildman–Crippen MR) is 111 cm³/mol. The van der Waals surface area contributed by atoms with Crippen LogP contribution in [0.2, 0.25) is 0 Å². The van der Waals surface area contributed by atoms with Crippen LogP contribution in [0.5, 0.6) is 0 Å². The molecule has 0 N–H and O–H groups in total. The van der Waals surface area contributed by atoms with E-state index in [2.05, 4.69) is 20.9 Å². The number of methoxy groups -OCH3 is 1. The second-order valence-corrected chi connectivity index (χ2v) is 7.62. The largest absolute Gasteiger partial charge is 0.385 e. The number of carbonyl (C=O) groups is 1. The zero-order valence-corrected chi connectivity index (χ0v) is 16.8. The molecule has 1 aliphatic heterocycles. The molecule has 2 aromatic carbocycles. The molecule has 0 saturated carbocycles. The minimum atomic E-state index is -0.0105. The van der Waals surface area contributed by atoms with E-state index in [1.54, 1.807) is 12.0 Å². The molecule has 0 aliphatic carbocycles. The lowest BCUT2D eigenvalue weighted by Crippen LogP contribution is -2.30. The summed E-state index contributed by atoms with van der Waals surface area (Å²) in [7, 11) is 1.67. The van der Waals surface area contributed by atoms with E-state index in [0.29, 0.717) is 23.2 Å². The van der Waals surface area contributed by atoms with Crippen LogP contribution in [0.25, 0.3) is 6.08 Å². The van der Waals surface area contributed by atoms with Gasteiger partial charge in [0.25, 0.3) is 5.91 Å². The fraction of sp³-hybridized carbons (Fsp3) is 0.200. The molecule has 4 nitrogen and oxygen atoms in total. The van der Waals surface area contributed by atoms with Crippen LogP contribution in [0.3, 0.4) is 0 Å². The molecule has 0 spiro atoms. The normalized spacial score (nSPS) is 17.5. The molecule has 1 heterocycles. The first kappa shape index (κ1) is 18.9. The molecule has 0 bridgehead atoms. The number of para-hydroxylation sites is 1. The first-order valence-corrected chi connectivity index (χ1v) is 9.88. The van der Waals surface area contributed by atoms with E-state index in [-0.39, 0.29) is 5.91 Å². The number of hydrogen-bond acceptors (Lipinski definition) is 4. The van der Waals surface area contributed by atoms with Crippen molar-refractivity contribution in [2.24, 2.45) is 4.99 Å². The van der Waals surface area contributed by atoms with Gasteiger partial charge in [0.1, 0.15) is 0 Å². The maximum Gasteiger partial charge on any atom is 0.266 e. The summed E-state index contributed by atoms with van der Waals surface area (Å²) in [5.41, 5.74) is 1.83. The number of rotatable bonds is 6. The van der Waals surface area contributed by atoms with Gasteiger partial charge in [-0.1, -0.05) is 46.3 Å². The average molecular weight is 431 g/mol. The minimum absolute atomic E-state index is 0.0105. The summed E-state index contributed by atoms with van der Waals surface area (Å²) in [6.07, 6.45) is 2.68. The highest BCUT2D eigenvalue weighted by molar-refractivity contribution is 9.10. The highest BCUT2D eigenvalue weighted by atomic mass is 79.9. The van der Waals surface area contributed by atoms with E-state index in [4.69, 9.17) is 4.74 Å². The number of hydrogen-bond donors (Lipinski definition) is 0. The van der Waals surface area contributed by atoms with Crippen molar-refractivity contribution < 1.29 is 9.53 Å². The third-order valence-electron chi connectivity index (χ3n) is 3.77. The monoisotopic (exact) mass is 430 g/mol. The van der Waals surface area contributed by atoms with Crippen LogP contribution in [0.15, 0.2) is 69.0 Å². The molecular formula is C20H19BrN2O2S. The summed E-state index contributed by atoms with van der Waals surface area (Å²) < 4.78 is 6.13. The Hall–Kier alpha value is -1.89. The van der Waals surface area contributed by atoms with Gasteiger partial charge in [-0.2, -0.15) is 0 Å². The highest BCUT2D eigenvalue weighted by Gasteiger charge is 2.32. The van der Waals surface area contributed by atoms with Crippen LogP contribution in [-0.2, 0) is 9.53 Å². The van der Waals surface area contributed by atoms with Crippen LogP contribution in [0.4, 0.5) is 5.69 Å². The molecule has 0 radical (unpaired) electrons. The maximum atomic E-state index is 12.9. The van der Waals surface area contributed by atoms with Crippen LogP contribution >= 0.6 is 27.7 Å². The van der Waals surface area contributed by atoms with E-state index in [1.165, 1.54) is 11.8 Å². The summed E-state index contributed by atoms with van der Waals surface area (Å²) >= 11 is 4.84. The lowest BCUT2D eigenvalue weighted by Gasteiger charge is -2.15. The van der Waals surface area contributed by atoms with Crippen molar-refractivity contribution in [3.63, 3.8) is 0 Å². The van der Waals surface area contributed by atoms with Crippen molar-refractivity contribution in [2.45, 2.75) is 6.42 Å². The summed E-state index contributed by atoms with van der Waals surface area (Å²) in [5.74, 6) is -0.0105. The van der Waals surface area contributed by atoms with Gasteiger partial charge in [0.05, 0.1) is 10.6 Å². The average Bonchev–Trinajstić information content (AvgIpc) is 2.93. The van der Waals surface area contributed by atoms with E-state index < -0.39 is 0 Å². The Morgan fingerprint density at radius 3 is 2.58 bits per heavy atom. The van der Waals surface area contributed by atoms with Gasteiger partial charge in [0.2, 0.25) is 0 Å². The molecule has 1 aliphatic rings. The molecule has 1 fully saturated rings. The summed E-state index contributed by atoms with van der Waals surface area (Å²) in [4.78, 5) is 20.0. The Morgan fingerprint density at radius 1 is 1.15 bits per heavy atom. The molecule has 0 unspecified atom stereocenters. The summed E-state index contributed by atoms with van der Waals surface area (Å²) in [6, 6.07) is 17.6. The molecule has 0 atom stereocenters. The van der Waals surface area contributed by atoms with Crippen LogP contribution in [0.1, 0.15) is 12.0 Å². The topological polar surface area (TPSA) is 41.9 Å². The van der Waals surface area contributed by atoms with Gasteiger partial charge in [-0.3, -0.25) is 9.69 Å². The van der Waals surface area contributed by atoms with E-state index in [1.807, 2.05) is 60.7 Å². The number of carbonyl (C=O) groups excluding carboxylic acids is 1.